The van der Waals surface area contributed by atoms with E-state index in [4.69, 9.17) is 0 Å². The van der Waals surface area contributed by atoms with E-state index in [1.54, 1.807) is 0 Å². The molecule has 0 radical (unpaired) electrons. The maximum atomic E-state index is 10.7. The van der Waals surface area contributed by atoms with Crippen molar-refractivity contribution in [3.63, 3.8) is 0 Å². The van der Waals surface area contributed by atoms with Crippen molar-refractivity contribution in [2.45, 2.75) is 297 Å². The Morgan fingerprint density at radius 1 is 0.295 bits per heavy atom. The van der Waals surface area contributed by atoms with Gasteiger partial charge in [0.2, 0.25) is 20.8 Å². The van der Waals surface area contributed by atoms with Gasteiger partial charge in [-0.1, -0.05) is 272 Å². The van der Waals surface area contributed by atoms with Gasteiger partial charge < -0.3 is 9.11 Å². The minimum absolute atomic E-state index is 0. The average molecular weight is 936 g/mol. The summed E-state index contributed by atoms with van der Waals surface area (Å²) in [6.45, 7) is 9.04. The fourth-order valence-electron chi connectivity index (χ4n) is 8.31. The fraction of sp³-hybridized carbons (Fsp3) is 1.00. The standard InChI is InChI=1S/2C25H52O4S.Ca/c2*1-3-5-7-9-10-11-12-13-14-15-16-17-18-19-21-23-25(22-20-8-6-4-2)24-29-30(26,27)28;/h2*25H,3-24H2,1-2H3,(H,26,27,28);/q;;+2/p-2. The second-order valence-corrected chi connectivity index (χ2v) is 20.4. The summed E-state index contributed by atoms with van der Waals surface area (Å²) >= 11 is 0. The molecule has 2 unspecified atom stereocenters. The van der Waals surface area contributed by atoms with Crippen molar-refractivity contribution >= 4 is 58.5 Å². The van der Waals surface area contributed by atoms with Gasteiger partial charge in [-0.15, -0.1) is 0 Å². The molecule has 2 atom stereocenters. The second-order valence-electron chi connectivity index (χ2n) is 18.3. The molecule has 0 saturated heterocycles. The molecule has 0 saturated carbocycles. The van der Waals surface area contributed by atoms with E-state index in [1.165, 1.54) is 218 Å². The molecule has 8 nitrogen and oxygen atoms in total. The van der Waals surface area contributed by atoms with Crippen LogP contribution in [0.3, 0.4) is 0 Å². The molecule has 61 heavy (non-hydrogen) atoms. The van der Waals surface area contributed by atoms with Gasteiger partial charge >= 0.3 is 37.7 Å². The van der Waals surface area contributed by atoms with Crippen LogP contribution in [0.1, 0.15) is 297 Å². The van der Waals surface area contributed by atoms with Crippen LogP contribution >= 0.6 is 0 Å². The van der Waals surface area contributed by atoms with E-state index in [-0.39, 0.29) is 62.8 Å². The first-order valence-corrected chi connectivity index (χ1v) is 28.9. The predicted octanol–water partition coefficient (Wildman–Crippen LogP) is 16.2. The zero-order valence-electron chi connectivity index (χ0n) is 41.1. The quantitative estimate of drug-likeness (QED) is 0.0255. The largest absolute Gasteiger partial charge is 2.00 e. The zero-order chi connectivity index (χ0) is 44.7. The Bertz CT molecular complexity index is 962. The van der Waals surface area contributed by atoms with Gasteiger partial charge in [0.1, 0.15) is 0 Å². The Labute approximate surface area is 412 Å². The molecule has 0 aromatic rings. The van der Waals surface area contributed by atoms with Gasteiger partial charge in [-0.05, 0) is 37.5 Å². The Balaban J connectivity index is -0.00000109. The Hall–Kier alpha value is 1.000. The summed E-state index contributed by atoms with van der Waals surface area (Å²) in [5.74, 6) is 0.403. The van der Waals surface area contributed by atoms with Gasteiger partial charge in [0.05, 0.1) is 13.2 Å². The minimum atomic E-state index is -4.56. The molecule has 0 aromatic heterocycles. The Morgan fingerprint density at radius 2 is 0.443 bits per heavy atom. The molecule has 0 spiro atoms. The molecule has 0 N–H and O–H groups in total. The molecular formula is C50H102CaO8S2. The third-order valence-electron chi connectivity index (χ3n) is 12.3. The molecule has 364 valence electrons. The van der Waals surface area contributed by atoms with Crippen molar-refractivity contribution in [2.24, 2.45) is 11.8 Å². The predicted molar refractivity (Wildman–Crippen MR) is 261 cm³/mol. The summed E-state index contributed by atoms with van der Waals surface area (Å²) in [5.41, 5.74) is 0. The molecule has 0 bridgehead atoms. The van der Waals surface area contributed by atoms with Gasteiger partial charge in [-0.2, -0.15) is 0 Å². The summed E-state index contributed by atoms with van der Waals surface area (Å²) in [5, 5.41) is 0. The number of hydrogen-bond donors (Lipinski definition) is 0. The minimum Gasteiger partial charge on any atom is -0.726 e. The molecule has 0 aliphatic heterocycles. The van der Waals surface area contributed by atoms with Crippen LogP contribution < -0.4 is 0 Å². The second kappa shape index (κ2) is 52.0. The third kappa shape index (κ3) is 61.0. The molecule has 0 rings (SSSR count). The molecular weight excluding hydrogens is 833 g/mol. The van der Waals surface area contributed by atoms with Gasteiger partial charge in [-0.25, -0.2) is 16.8 Å². The van der Waals surface area contributed by atoms with Crippen molar-refractivity contribution in [1.82, 2.24) is 0 Å². The molecule has 0 aliphatic carbocycles. The van der Waals surface area contributed by atoms with Crippen LogP contribution in [0.2, 0.25) is 0 Å². The maximum Gasteiger partial charge on any atom is 2.00 e. The number of unbranched alkanes of at least 4 members (excludes halogenated alkanes) is 34. The van der Waals surface area contributed by atoms with Crippen molar-refractivity contribution in [1.29, 1.82) is 0 Å². The van der Waals surface area contributed by atoms with Crippen LogP contribution in [0.25, 0.3) is 0 Å². The van der Waals surface area contributed by atoms with Gasteiger partial charge in [0.25, 0.3) is 0 Å². The van der Waals surface area contributed by atoms with Crippen molar-refractivity contribution in [3.8, 4) is 0 Å². The summed E-state index contributed by atoms with van der Waals surface area (Å²) in [4.78, 5) is 0. The van der Waals surface area contributed by atoms with E-state index in [0.717, 1.165) is 51.4 Å². The maximum absolute atomic E-state index is 10.7. The first-order chi connectivity index (χ1) is 29.0. The van der Waals surface area contributed by atoms with Gasteiger partial charge in [0.15, 0.2) is 0 Å². The molecule has 0 aliphatic rings. The van der Waals surface area contributed by atoms with Crippen molar-refractivity contribution in [3.05, 3.63) is 0 Å². The van der Waals surface area contributed by atoms with E-state index in [2.05, 4.69) is 36.1 Å². The van der Waals surface area contributed by atoms with Crippen molar-refractivity contribution < 1.29 is 34.3 Å². The molecule has 0 fully saturated rings. The molecule has 11 heteroatoms. The van der Waals surface area contributed by atoms with Crippen LogP contribution in [0.4, 0.5) is 0 Å². The van der Waals surface area contributed by atoms with Crippen LogP contribution in [0, 0.1) is 11.8 Å². The van der Waals surface area contributed by atoms with Gasteiger partial charge in [0, 0.05) is 0 Å². The summed E-state index contributed by atoms with van der Waals surface area (Å²) in [7, 11) is -9.13. The SMILES string of the molecule is CCCCCCCCCCCCCCCCCC(CCCCCC)COS(=O)(=O)[O-].CCCCCCCCCCCCCCCCCC(CCCCCC)COS(=O)(=O)[O-].[Ca+2]. The summed E-state index contributed by atoms with van der Waals surface area (Å²) in [6.07, 6.45) is 53.6. The van der Waals surface area contributed by atoms with Gasteiger partial charge in [-0.3, -0.25) is 8.37 Å². The van der Waals surface area contributed by atoms with Crippen LogP contribution in [0.5, 0.6) is 0 Å². The van der Waals surface area contributed by atoms with E-state index in [9.17, 15) is 25.9 Å². The Kier molecular flexibility index (Phi) is 56.5. The van der Waals surface area contributed by atoms with E-state index < -0.39 is 20.8 Å². The fourth-order valence-corrected chi connectivity index (χ4v) is 9.03. The summed E-state index contributed by atoms with van der Waals surface area (Å²) in [6, 6.07) is 0. The normalized spacial score (nSPS) is 12.8. The van der Waals surface area contributed by atoms with Crippen LogP contribution in [-0.2, 0) is 29.2 Å². The third-order valence-corrected chi connectivity index (χ3v) is 13.1. The number of rotatable bonds is 48. The number of hydrogen-bond acceptors (Lipinski definition) is 8. The summed E-state index contributed by atoms with van der Waals surface area (Å²) < 4.78 is 73.6. The zero-order valence-corrected chi connectivity index (χ0v) is 44.9. The topological polar surface area (TPSA) is 133 Å². The van der Waals surface area contributed by atoms with Crippen LogP contribution in [-0.4, -0.2) is 76.9 Å². The average Bonchev–Trinajstić information content (AvgIpc) is 3.21. The monoisotopic (exact) mass is 935 g/mol. The Morgan fingerprint density at radius 3 is 0.607 bits per heavy atom. The van der Waals surface area contributed by atoms with E-state index in [1.807, 2.05) is 0 Å². The van der Waals surface area contributed by atoms with Crippen molar-refractivity contribution in [2.75, 3.05) is 13.2 Å². The smallest absolute Gasteiger partial charge is 0.726 e. The molecule has 0 amide bonds. The van der Waals surface area contributed by atoms with Crippen LogP contribution in [0.15, 0.2) is 0 Å². The van der Waals surface area contributed by atoms with E-state index in [0.29, 0.717) is 0 Å². The molecule has 0 heterocycles. The first-order valence-electron chi connectivity index (χ1n) is 26.2. The molecule has 0 aromatic carbocycles. The van der Waals surface area contributed by atoms with E-state index >= 15 is 0 Å². The first kappa shape index (κ1) is 66.3.